The Morgan fingerprint density at radius 3 is 2.75 bits per heavy atom. The molecule has 2 heterocycles. The van der Waals surface area contributed by atoms with Crippen molar-refractivity contribution in [3.05, 3.63) is 23.5 Å². The fraction of sp³-hybridized carbons (Fsp3) is 0.583. The molecule has 3 nitrogen and oxygen atoms in total. The number of nitrogens with two attached hydrogens (primary N) is 1. The van der Waals surface area contributed by atoms with Crippen molar-refractivity contribution in [3.8, 4) is 0 Å². The second-order valence-corrected chi connectivity index (χ2v) is 5.24. The SMILES string of the molecule is CC1(CN)CCN(c2ccncc2Cl)CC1. The lowest BCUT2D eigenvalue weighted by Gasteiger charge is -2.40. The lowest BCUT2D eigenvalue weighted by molar-refractivity contribution is 0.258. The van der Waals surface area contributed by atoms with E-state index < -0.39 is 0 Å². The van der Waals surface area contributed by atoms with Crippen LogP contribution in [-0.4, -0.2) is 24.6 Å². The number of halogens is 1. The van der Waals surface area contributed by atoms with Gasteiger partial charge in [0.05, 0.1) is 10.7 Å². The van der Waals surface area contributed by atoms with Gasteiger partial charge < -0.3 is 10.6 Å². The number of pyridine rings is 1. The van der Waals surface area contributed by atoms with Crippen LogP contribution in [0.2, 0.25) is 5.02 Å². The molecule has 1 aromatic heterocycles. The van der Waals surface area contributed by atoms with Crippen molar-refractivity contribution in [1.82, 2.24) is 4.98 Å². The molecule has 1 aromatic rings. The van der Waals surface area contributed by atoms with Gasteiger partial charge in [0.1, 0.15) is 0 Å². The van der Waals surface area contributed by atoms with E-state index in [1.54, 1.807) is 12.4 Å². The van der Waals surface area contributed by atoms with E-state index in [0.717, 1.165) is 43.2 Å². The molecule has 1 fully saturated rings. The summed E-state index contributed by atoms with van der Waals surface area (Å²) < 4.78 is 0. The molecule has 88 valence electrons. The topological polar surface area (TPSA) is 42.1 Å². The molecule has 0 radical (unpaired) electrons. The minimum absolute atomic E-state index is 0.302. The molecule has 2 N–H and O–H groups in total. The summed E-state index contributed by atoms with van der Waals surface area (Å²) in [5.41, 5.74) is 7.19. The normalized spacial score (nSPS) is 19.8. The fourth-order valence-electron chi connectivity index (χ4n) is 2.12. The average molecular weight is 240 g/mol. The van der Waals surface area contributed by atoms with E-state index in [-0.39, 0.29) is 0 Å². The van der Waals surface area contributed by atoms with E-state index in [9.17, 15) is 0 Å². The lowest BCUT2D eigenvalue weighted by atomic mass is 9.80. The van der Waals surface area contributed by atoms with Gasteiger partial charge >= 0.3 is 0 Å². The first-order chi connectivity index (χ1) is 7.64. The van der Waals surface area contributed by atoms with Crippen molar-refractivity contribution in [2.45, 2.75) is 19.8 Å². The van der Waals surface area contributed by atoms with Crippen molar-refractivity contribution in [2.75, 3.05) is 24.5 Å². The zero-order chi connectivity index (χ0) is 11.6. The van der Waals surface area contributed by atoms with E-state index in [1.165, 1.54) is 0 Å². The number of aromatic nitrogens is 1. The predicted octanol–water partition coefficient (Wildman–Crippen LogP) is 2.30. The molecule has 0 aromatic carbocycles. The predicted molar refractivity (Wildman–Crippen MR) is 67.9 cm³/mol. The maximum absolute atomic E-state index is 6.13. The smallest absolute Gasteiger partial charge is 0.0822 e. The van der Waals surface area contributed by atoms with Gasteiger partial charge in [0.15, 0.2) is 0 Å². The molecular weight excluding hydrogens is 222 g/mol. The van der Waals surface area contributed by atoms with Crippen LogP contribution in [0.5, 0.6) is 0 Å². The molecule has 0 saturated carbocycles. The molecule has 16 heavy (non-hydrogen) atoms. The lowest BCUT2D eigenvalue weighted by Crippen LogP contribution is -2.42. The van der Waals surface area contributed by atoms with Gasteiger partial charge in [-0.15, -0.1) is 0 Å². The third-order valence-electron chi connectivity index (χ3n) is 3.56. The molecule has 0 atom stereocenters. The molecular formula is C12H18ClN3. The van der Waals surface area contributed by atoms with Gasteiger partial charge in [0, 0.05) is 25.5 Å². The summed E-state index contributed by atoms with van der Waals surface area (Å²) in [5, 5.41) is 0.735. The van der Waals surface area contributed by atoms with Gasteiger partial charge in [0.25, 0.3) is 0 Å². The Kier molecular flexibility index (Phi) is 3.36. The fourth-order valence-corrected chi connectivity index (χ4v) is 2.35. The zero-order valence-corrected chi connectivity index (χ0v) is 10.4. The number of hydrogen-bond donors (Lipinski definition) is 1. The number of hydrogen-bond acceptors (Lipinski definition) is 3. The molecule has 1 aliphatic heterocycles. The first kappa shape index (κ1) is 11.7. The van der Waals surface area contributed by atoms with Gasteiger partial charge in [-0.05, 0) is 30.9 Å². The summed E-state index contributed by atoms with van der Waals surface area (Å²) >= 11 is 6.13. The van der Waals surface area contributed by atoms with Crippen LogP contribution in [0.1, 0.15) is 19.8 Å². The Balaban J connectivity index is 2.07. The van der Waals surface area contributed by atoms with Crippen molar-refractivity contribution < 1.29 is 0 Å². The number of nitrogens with zero attached hydrogens (tertiary/aromatic N) is 2. The summed E-state index contributed by atoms with van der Waals surface area (Å²) in [5.74, 6) is 0. The Labute approximate surface area is 102 Å². The average Bonchev–Trinajstić information content (AvgIpc) is 2.31. The highest BCUT2D eigenvalue weighted by Crippen LogP contribution is 2.34. The quantitative estimate of drug-likeness (QED) is 0.861. The maximum Gasteiger partial charge on any atom is 0.0822 e. The third kappa shape index (κ3) is 2.30. The zero-order valence-electron chi connectivity index (χ0n) is 9.62. The standard InChI is InChI=1S/C12H18ClN3/c1-12(9-14)3-6-16(7-4-12)11-2-5-15-8-10(11)13/h2,5,8H,3-4,6-7,9,14H2,1H3. The maximum atomic E-state index is 6.13. The van der Waals surface area contributed by atoms with Crippen LogP contribution in [0, 0.1) is 5.41 Å². The van der Waals surface area contributed by atoms with E-state index >= 15 is 0 Å². The molecule has 0 spiro atoms. The minimum Gasteiger partial charge on any atom is -0.370 e. The monoisotopic (exact) mass is 239 g/mol. The summed E-state index contributed by atoms with van der Waals surface area (Å²) in [6.07, 6.45) is 5.75. The molecule has 4 heteroatoms. The highest BCUT2D eigenvalue weighted by atomic mass is 35.5. The molecule has 0 unspecified atom stereocenters. The van der Waals surface area contributed by atoms with Crippen LogP contribution >= 0.6 is 11.6 Å². The van der Waals surface area contributed by atoms with Crippen molar-refractivity contribution in [1.29, 1.82) is 0 Å². The Morgan fingerprint density at radius 1 is 1.50 bits per heavy atom. The summed E-state index contributed by atoms with van der Waals surface area (Å²) in [6.45, 7) is 5.08. The van der Waals surface area contributed by atoms with Crippen LogP contribution < -0.4 is 10.6 Å². The van der Waals surface area contributed by atoms with Gasteiger partial charge in [-0.25, -0.2) is 0 Å². The highest BCUT2D eigenvalue weighted by Gasteiger charge is 2.29. The molecule has 0 bridgehead atoms. The largest absolute Gasteiger partial charge is 0.370 e. The number of anilines is 1. The van der Waals surface area contributed by atoms with E-state index in [4.69, 9.17) is 17.3 Å². The Morgan fingerprint density at radius 2 is 2.19 bits per heavy atom. The van der Waals surface area contributed by atoms with Gasteiger partial charge in [-0.1, -0.05) is 18.5 Å². The Hall–Kier alpha value is -0.800. The van der Waals surface area contributed by atoms with Crippen LogP contribution in [0.4, 0.5) is 5.69 Å². The van der Waals surface area contributed by atoms with Crippen LogP contribution in [-0.2, 0) is 0 Å². The molecule has 2 rings (SSSR count). The van der Waals surface area contributed by atoms with Crippen LogP contribution in [0.25, 0.3) is 0 Å². The van der Waals surface area contributed by atoms with Crippen LogP contribution in [0.15, 0.2) is 18.5 Å². The van der Waals surface area contributed by atoms with E-state index in [1.807, 2.05) is 6.07 Å². The number of piperidine rings is 1. The second kappa shape index (κ2) is 4.60. The van der Waals surface area contributed by atoms with Crippen molar-refractivity contribution in [2.24, 2.45) is 11.1 Å². The third-order valence-corrected chi connectivity index (χ3v) is 3.85. The highest BCUT2D eigenvalue weighted by molar-refractivity contribution is 6.33. The summed E-state index contributed by atoms with van der Waals surface area (Å²) in [7, 11) is 0. The van der Waals surface area contributed by atoms with Crippen LogP contribution in [0.3, 0.4) is 0 Å². The van der Waals surface area contributed by atoms with Crippen molar-refractivity contribution in [3.63, 3.8) is 0 Å². The Bertz CT molecular complexity index is 359. The summed E-state index contributed by atoms with van der Waals surface area (Å²) in [6, 6.07) is 1.98. The van der Waals surface area contributed by atoms with Gasteiger partial charge in [-0.3, -0.25) is 4.98 Å². The molecule has 0 aliphatic carbocycles. The molecule has 1 aliphatic rings. The first-order valence-electron chi connectivity index (χ1n) is 5.69. The number of rotatable bonds is 2. The van der Waals surface area contributed by atoms with E-state index in [0.29, 0.717) is 5.41 Å². The van der Waals surface area contributed by atoms with Crippen molar-refractivity contribution >= 4 is 17.3 Å². The van der Waals surface area contributed by atoms with Gasteiger partial charge in [-0.2, -0.15) is 0 Å². The van der Waals surface area contributed by atoms with Gasteiger partial charge in [0.2, 0.25) is 0 Å². The minimum atomic E-state index is 0.302. The summed E-state index contributed by atoms with van der Waals surface area (Å²) in [4.78, 5) is 6.33. The molecule has 0 amide bonds. The van der Waals surface area contributed by atoms with E-state index in [2.05, 4.69) is 16.8 Å². The first-order valence-corrected chi connectivity index (χ1v) is 6.07. The second-order valence-electron chi connectivity index (χ2n) is 4.83. The molecule has 1 saturated heterocycles.